The molecule has 1 atom stereocenters. The molecular weight excluding hydrogens is 414 g/mol. The van der Waals surface area contributed by atoms with Gasteiger partial charge in [0.2, 0.25) is 0 Å². The largest absolute Gasteiger partial charge is 0.486 e. The molecule has 0 bridgehead atoms. The zero-order valence-corrected chi connectivity index (χ0v) is 17.5. The van der Waals surface area contributed by atoms with Crippen LogP contribution in [-0.4, -0.2) is 30.2 Å². The van der Waals surface area contributed by atoms with E-state index in [2.05, 4.69) is 17.4 Å². The van der Waals surface area contributed by atoms with Crippen molar-refractivity contribution < 1.29 is 24.2 Å². The van der Waals surface area contributed by atoms with Crippen LogP contribution in [0.4, 0.5) is 5.00 Å². The average molecular weight is 436 g/mol. The van der Waals surface area contributed by atoms with Crippen molar-refractivity contribution in [3.63, 3.8) is 0 Å². The minimum Gasteiger partial charge on any atom is -0.486 e. The fourth-order valence-electron chi connectivity index (χ4n) is 4.31. The van der Waals surface area contributed by atoms with E-state index < -0.39 is 5.97 Å². The normalized spacial score (nSPS) is 17.0. The summed E-state index contributed by atoms with van der Waals surface area (Å²) in [5.74, 6) is -0.151. The number of nitrogens with one attached hydrogen (secondary N) is 1. The highest BCUT2D eigenvalue weighted by Crippen LogP contribution is 2.40. The number of fused-ring (bicyclic) bond motifs is 2. The predicted octanol–water partition coefficient (Wildman–Crippen LogP) is 4.74. The van der Waals surface area contributed by atoms with E-state index in [9.17, 15) is 14.7 Å². The number of hydrogen-bond donors (Lipinski definition) is 2. The summed E-state index contributed by atoms with van der Waals surface area (Å²) in [6.45, 7) is 0.907. The summed E-state index contributed by atoms with van der Waals surface area (Å²) in [4.78, 5) is 25.0. The van der Waals surface area contributed by atoms with Crippen molar-refractivity contribution >= 4 is 28.2 Å². The molecule has 158 valence electrons. The third kappa shape index (κ3) is 3.77. The Balaban J connectivity index is 1.40. The van der Waals surface area contributed by atoms with E-state index in [4.69, 9.17) is 9.47 Å². The van der Waals surface area contributed by atoms with Crippen molar-refractivity contribution in [3.05, 3.63) is 75.7 Å². The van der Waals surface area contributed by atoms with Crippen LogP contribution in [0.15, 0.2) is 47.8 Å². The van der Waals surface area contributed by atoms with E-state index in [0.29, 0.717) is 35.3 Å². The molecule has 3 aromatic rings. The maximum absolute atomic E-state index is 12.8. The Bertz CT molecular complexity index is 1170. The van der Waals surface area contributed by atoms with Crippen LogP contribution in [0.1, 0.15) is 49.7 Å². The lowest BCUT2D eigenvalue weighted by Gasteiger charge is -2.24. The number of carbonyl (C=O) groups excluding carboxylic acids is 1. The zero-order chi connectivity index (χ0) is 21.4. The van der Waals surface area contributed by atoms with Crippen molar-refractivity contribution in [2.24, 2.45) is 0 Å². The fraction of sp³-hybridized carbons (Fsp3) is 0.250. The van der Waals surface area contributed by atoms with Crippen LogP contribution in [0.5, 0.6) is 11.5 Å². The monoisotopic (exact) mass is 435 g/mol. The van der Waals surface area contributed by atoms with Crippen molar-refractivity contribution in [1.82, 2.24) is 0 Å². The van der Waals surface area contributed by atoms with Crippen molar-refractivity contribution in [3.8, 4) is 11.5 Å². The minimum absolute atomic E-state index is 0.122. The number of carboxylic acid groups (broad SMARTS) is 1. The van der Waals surface area contributed by atoms with Gasteiger partial charge in [0, 0.05) is 5.56 Å². The Morgan fingerprint density at radius 2 is 1.81 bits per heavy atom. The quantitative estimate of drug-likeness (QED) is 0.618. The van der Waals surface area contributed by atoms with E-state index in [-0.39, 0.29) is 17.4 Å². The number of hydrogen-bond acceptors (Lipinski definition) is 5. The predicted molar refractivity (Wildman–Crippen MR) is 118 cm³/mol. The molecule has 7 heteroatoms. The summed E-state index contributed by atoms with van der Waals surface area (Å²) in [6, 6.07) is 13.3. The van der Waals surface area contributed by atoms with Gasteiger partial charge in [-0.3, -0.25) is 4.79 Å². The van der Waals surface area contributed by atoms with E-state index >= 15 is 0 Å². The molecule has 2 aliphatic rings. The molecule has 6 nitrogen and oxygen atoms in total. The van der Waals surface area contributed by atoms with Gasteiger partial charge >= 0.3 is 5.97 Å². The number of aryl methyl sites for hydroxylation is 1. The number of thiophene rings is 1. The molecule has 2 heterocycles. The van der Waals surface area contributed by atoms with Gasteiger partial charge in [0.05, 0.1) is 5.56 Å². The lowest BCUT2D eigenvalue weighted by atomic mass is 9.80. The van der Waals surface area contributed by atoms with Crippen LogP contribution >= 0.6 is 11.3 Å². The first-order chi connectivity index (χ1) is 15.1. The zero-order valence-electron chi connectivity index (χ0n) is 16.7. The molecule has 2 aromatic carbocycles. The number of carboxylic acids is 1. The first kappa shape index (κ1) is 19.6. The number of amides is 1. The molecular formula is C24H21NO5S. The second kappa shape index (κ2) is 8.07. The van der Waals surface area contributed by atoms with Crippen molar-refractivity contribution in [1.29, 1.82) is 0 Å². The molecule has 0 saturated carbocycles. The number of carbonyl (C=O) groups is 2. The summed E-state index contributed by atoms with van der Waals surface area (Å²) >= 11 is 1.26. The number of rotatable bonds is 4. The van der Waals surface area contributed by atoms with Gasteiger partial charge in [-0.05, 0) is 65.4 Å². The molecule has 31 heavy (non-hydrogen) atoms. The van der Waals surface area contributed by atoms with E-state index in [1.807, 2.05) is 17.5 Å². The molecule has 1 unspecified atom stereocenters. The van der Waals surface area contributed by atoms with Crippen LogP contribution in [-0.2, 0) is 12.8 Å². The van der Waals surface area contributed by atoms with Crippen molar-refractivity contribution in [2.75, 3.05) is 18.5 Å². The Labute approximate surface area is 183 Å². The highest BCUT2D eigenvalue weighted by molar-refractivity contribution is 7.15. The molecule has 1 aromatic heterocycles. The van der Waals surface area contributed by atoms with Gasteiger partial charge in [-0.1, -0.05) is 24.3 Å². The highest BCUT2D eigenvalue weighted by atomic mass is 32.1. The van der Waals surface area contributed by atoms with Gasteiger partial charge in [-0.25, -0.2) is 4.79 Å². The summed E-state index contributed by atoms with van der Waals surface area (Å²) in [7, 11) is 0. The third-order valence-corrected chi connectivity index (χ3v) is 6.77. The molecule has 2 N–H and O–H groups in total. The van der Waals surface area contributed by atoms with Crippen LogP contribution in [0.25, 0.3) is 0 Å². The second-order valence-corrected chi connectivity index (χ2v) is 8.60. The van der Waals surface area contributed by atoms with Crippen molar-refractivity contribution in [2.45, 2.75) is 25.2 Å². The molecule has 1 aliphatic carbocycles. The lowest BCUT2D eigenvalue weighted by Crippen LogP contribution is -2.18. The second-order valence-electron chi connectivity index (χ2n) is 7.72. The van der Waals surface area contributed by atoms with Gasteiger partial charge < -0.3 is 19.9 Å². The van der Waals surface area contributed by atoms with E-state index in [0.717, 1.165) is 24.8 Å². The molecule has 0 fully saturated rings. The molecule has 1 amide bonds. The van der Waals surface area contributed by atoms with Gasteiger partial charge in [-0.2, -0.15) is 0 Å². The number of ether oxygens (including phenoxy) is 2. The number of benzene rings is 2. The van der Waals surface area contributed by atoms with Gasteiger partial charge in [0.1, 0.15) is 18.2 Å². The maximum atomic E-state index is 12.8. The summed E-state index contributed by atoms with van der Waals surface area (Å²) in [5, 5.41) is 15.0. The minimum atomic E-state index is -1.02. The summed E-state index contributed by atoms with van der Waals surface area (Å²) in [5.41, 5.74) is 3.98. The molecule has 0 radical (unpaired) electrons. The Kier molecular flexibility index (Phi) is 5.11. The van der Waals surface area contributed by atoms with Crippen LogP contribution in [0.3, 0.4) is 0 Å². The van der Waals surface area contributed by atoms with Crippen LogP contribution in [0.2, 0.25) is 0 Å². The highest BCUT2D eigenvalue weighted by Gasteiger charge is 2.28. The Morgan fingerprint density at radius 1 is 1.03 bits per heavy atom. The van der Waals surface area contributed by atoms with Gasteiger partial charge in [0.15, 0.2) is 11.5 Å². The van der Waals surface area contributed by atoms with E-state index in [1.165, 1.54) is 22.5 Å². The average Bonchev–Trinajstić information content (AvgIpc) is 3.22. The molecule has 1 aliphatic heterocycles. The topological polar surface area (TPSA) is 84.9 Å². The van der Waals surface area contributed by atoms with E-state index in [1.54, 1.807) is 18.2 Å². The lowest BCUT2D eigenvalue weighted by molar-refractivity contribution is 0.0696. The summed E-state index contributed by atoms with van der Waals surface area (Å²) < 4.78 is 11.0. The first-order valence-electron chi connectivity index (χ1n) is 10.2. The van der Waals surface area contributed by atoms with Gasteiger partial charge in [0.25, 0.3) is 5.91 Å². The number of aromatic carboxylic acids is 1. The molecule has 5 rings (SSSR count). The third-order valence-electron chi connectivity index (χ3n) is 5.85. The van der Waals surface area contributed by atoms with Gasteiger partial charge in [-0.15, -0.1) is 11.3 Å². The maximum Gasteiger partial charge on any atom is 0.339 e. The standard InChI is InChI=1S/C24H21NO5S/c26-22(17-7-8-19-20(12-17)30-10-9-29-19)25-23-21(24(27)28)18(13-31-23)16-6-5-14-3-1-2-4-15(14)11-16/h1-4,7-8,12-13,16H,5-6,9-11H2,(H,25,26)(H,27,28). The fourth-order valence-corrected chi connectivity index (χ4v) is 5.34. The molecule has 0 saturated heterocycles. The van der Waals surface area contributed by atoms with Crippen LogP contribution in [0, 0.1) is 0 Å². The smallest absolute Gasteiger partial charge is 0.339 e. The Hall–Kier alpha value is -3.32. The van der Waals surface area contributed by atoms with Crippen LogP contribution < -0.4 is 14.8 Å². The first-order valence-corrected chi connectivity index (χ1v) is 11.1. The number of anilines is 1. The summed E-state index contributed by atoms with van der Waals surface area (Å²) in [6.07, 6.45) is 2.63. The SMILES string of the molecule is O=C(Nc1scc(C2CCc3ccccc3C2)c1C(=O)O)c1ccc2c(c1)OCCO2. The Morgan fingerprint density at radius 3 is 2.61 bits per heavy atom. The molecule has 0 spiro atoms.